The van der Waals surface area contributed by atoms with Gasteiger partial charge in [0, 0.05) is 23.8 Å². The zero-order valence-electron chi connectivity index (χ0n) is 17.2. The molecule has 0 saturated carbocycles. The van der Waals surface area contributed by atoms with Crippen molar-refractivity contribution in [2.45, 2.75) is 19.4 Å². The summed E-state index contributed by atoms with van der Waals surface area (Å²) < 4.78 is 5.32. The zero-order chi connectivity index (χ0) is 20.6. The van der Waals surface area contributed by atoms with Crippen LogP contribution >= 0.6 is 12.4 Å². The van der Waals surface area contributed by atoms with Gasteiger partial charge in [-0.1, -0.05) is 24.3 Å². The number of pyridine rings is 1. The molecule has 6 heteroatoms. The van der Waals surface area contributed by atoms with Gasteiger partial charge in [-0.05, 0) is 66.9 Å². The predicted octanol–water partition coefficient (Wildman–Crippen LogP) is 5.30. The minimum absolute atomic E-state index is 0. The van der Waals surface area contributed by atoms with Gasteiger partial charge in [0.25, 0.3) is 0 Å². The van der Waals surface area contributed by atoms with Crippen LogP contribution in [0.2, 0.25) is 0 Å². The molecule has 2 aromatic carbocycles. The maximum Gasteiger partial charge on any atom is 0.117 e. The van der Waals surface area contributed by atoms with Gasteiger partial charge < -0.3 is 15.1 Å². The lowest BCUT2D eigenvalue weighted by molar-refractivity contribution is 0.482. The predicted molar refractivity (Wildman–Crippen MR) is 126 cm³/mol. The van der Waals surface area contributed by atoms with Crippen LogP contribution in [0.3, 0.4) is 0 Å². The van der Waals surface area contributed by atoms with Crippen molar-refractivity contribution in [2.24, 2.45) is 0 Å². The van der Waals surface area contributed by atoms with Crippen molar-refractivity contribution in [1.82, 2.24) is 10.3 Å². The third-order valence-corrected chi connectivity index (χ3v) is 5.02. The normalized spacial score (nSPS) is 10.4. The smallest absolute Gasteiger partial charge is 0.117 e. The van der Waals surface area contributed by atoms with Gasteiger partial charge >= 0.3 is 0 Å². The van der Waals surface area contributed by atoms with Crippen LogP contribution in [0, 0.1) is 11.3 Å². The van der Waals surface area contributed by atoms with E-state index in [-0.39, 0.29) is 12.4 Å². The largest absolute Gasteiger partial charge is 0.468 e. The zero-order valence-corrected chi connectivity index (χ0v) is 18.0. The molecule has 0 aliphatic carbocycles. The number of aromatic nitrogens is 1. The summed E-state index contributed by atoms with van der Waals surface area (Å²) in [6.45, 7) is 2.57. The summed E-state index contributed by atoms with van der Waals surface area (Å²) in [5.41, 5.74) is 5.17. The number of hydrogen-bond donors (Lipinski definition) is 2. The van der Waals surface area contributed by atoms with Gasteiger partial charge in [0.05, 0.1) is 30.0 Å². The highest BCUT2D eigenvalue weighted by atomic mass is 35.5. The molecule has 4 aromatic rings. The average molecular weight is 433 g/mol. The van der Waals surface area contributed by atoms with E-state index in [1.54, 1.807) is 6.26 Å². The van der Waals surface area contributed by atoms with Crippen molar-refractivity contribution < 1.29 is 4.42 Å². The second kappa shape index (κ2) is 11.2. The Bertz CT molecular complexity index is 1130. The van der Waals surface area contributed by atoms with Crippen molar-refractivity contribution in [2.75, 3.05) is 18.4 Å². The average Bonchev–Trinajstić information content (AvgIpc) is 3.30. The number of hydrogen-bond acceptors (Lipinski definition) is 5. The number of rotatable bonds is 9. The summed E-state index contributed by atoms with van der Waals surface area (Å²) in [5, 5.41) is 17.0. The first-order valence-electron chi connectivity index (χ1n) is 10.2. The van der Waals surface area contributed by atoms with Gasteiger partial charge in [0.2, 0.25) is 0 Å². The lowest BCUT2D eigenvalue weighted by Crippen LogP contribution is -2.17. The van der Waals surface area contributed by atoms with E-state index < -0.39 is 0 Å². The summed E-state index contributed by atoms with van der Waals surface area (Å²) in [4.78, 5) is 4.55. The summed E-state index contributed by atoms with van der Waals surface area (Å²) >= 11 is 0. The number of nitrogens with one attached hydrogen (secondary N) is 2. The Labute approximate surface area is 188 Å². The maximum atomic E-state index is 8.93. The van der Waals surface area contributed by atoms with E-state index in [1.807, 2.05) is 48.7 Å². The highest BCUT2D eigenvalue weighted by Gasteiger charge is 2.04. The van der Waals surface area contributed by atoms with Crippen LogP contribution in [0.1, 0.15) is 28.9 Å². The maximum absolute atomic E-state index is 8.93. The number of fused-ring (bicyclic) bond motifs is 1. The van der Waals surface area contributed by atoms with Crippen LogP contribution in [0.4, 0.5) is 5.69 Å². The standard InChI is InChI=1S/C25H24N4O.ClH/c26-17-20-6-4-19(5-7-20)15-21-8-9-23-24(10-13-29-25(23)16-21)28-12-2-11-27-18-22-3-1-14-30-22;/h1,3-10,13-14,16,27H,2,11-12,15,18H2,(H,28,29);1H. The summed E-state index contributed by atoms with van der Waals surface area (Å²) in [6, 6.07) is 22.2. The van der Waals surface area contributed by atoms with Crippen LogP contribution in [-0.4, -0.2) is 18.1 Å². The number of nitriles is 1. The Morgan fingerprint density at radius 3 is 2.58 bits per heavy atom. The van der Waals surface area contributed by atoms with Gasteiger partial charge in [0.15, 0.2) is 0 Å². The van der Waals surface area contributed by atoms with E-state index >= 15 is 0 Å². The van der Waals surface area contributed by atoms with Crippen LogP contribution in [0.5, 0.6) is 0 Å². The van der Waals surface area contributed by atoms with Crippen LogP contribution in [-0.2, 0) is 13.0 Å². The molecule has 0 amide bonds. The fourth-order valence-electron chi connectivity index (χ4n) is 3.45. The van der Waals surface area contributed by atoms with Gasteiger partial charge in [-0.2, -0.15) is 5.26 Å². The van der Waals surface area contributed by atoms with Crippen molar-refractivity contribution in [3.05, 3.63) is 95.6 Å². The molecule has 31 heavy (non-hydrogen) atoms. The van der Waals surface area contributed by atoms with Crippen molar-refractivity contribution in [3.63, 3.8) is 0 Å². The Balaban J connectivity index is 0.00000272. The van der Waals surface area contributed by atoms with E-state index in [4.69, 9.17) is 9.68 Å². The summed E-state index contributed by atoms with van der Waals surface area (Å²) in [5.74, 6) is 0.958. The fourth-order valence-corrected chi connectivity index (χ4v) is 3.45. The third kappa shape index (κ3) is 6.08. The van der Waals surface area contributed by atoms with Crippen LogP contribution in [0.15, 0.2) is 77.5 Å². The first kappa shape index (κ1) is 22.4. The molecule has 158 valence electrons. The molecule has 5 nitrogen and oxygen atoms in total. The minimum Gasteiger partial charge on any atom is -0.468 e. The molecule has 0 aliphatic rings. The number of nitrogens with zero attached hydrogens (tertiary/aromatic N) is 2. The van der Waals surface area contributed by atoms with Gasteiger partial charge in [-0.3, -0.25) is 4.98 Å². The van der Waals surface area contributed by atoms with E-state index in [0.717, 1.165) is 54.8 Å². The van der Waals surface area contributed by atoms with E-state index in [9.17, 15) is 0 Å². The van der Waals surface area contributed by atoms with Crippen molar-refractivity contribution in [3.8, 4) is 6.07 Å². The SMILES string of the molecule is Cl.N#Cc1ccc(Cc2ccc3c(NCCCNCc4ccco4)ccnc3c2)cc1. The summed E-state index contributed by atoms with van der Waals surface area (Å²) in [7, 11) is 0. The molecule has 0 atom stereocenters. The topological polar surface area (TPSA) is 73.9 Å². The van der Waals surface area contributed by atoms with E-state index in [1.165, 1.54) is 11.1 Å². The molecule has 0 unspecified atom stereocenters. The number of furan rings is 1. The van der Waals surface area contributed by atoms with Crippen molar-refractivity contribution >= 4 is 29.0 Å². The highest BCUT2D eigenvalue weighted by molar-refractivity contribution is 5.91. The number of benzene rings is 2. The highest BCUT2D eigenvalue weighted by Crippen LogP contribution is 2.23. The Morgan fingerprint density at radius 2 is 1.81 bits per heavy atom. The molecule has 0 saturated heterocycles. The van der Waals surface area contributed by atoms with Crippen LogP contribution in [0.25, 0.3) is 10.9 Å². The third-order valence-electron chi connectivity index (χ3n) is 5.02. The second-order valence-corrected chi connectivity index (χ2v) is 7.23. The Hall–Kier alpha value is -3.33. The number of anilines is 1. The molecule has 0 radical (unpaired) electrons. The second-order valence-electron chi connectivity index (χ2n) is 7.23. The Morgan fingerprint density at radius 1 is 0.968 bits per heavy atom. The molecule has 2 aromatic heterocycles. The minimum atomic E-state index is 0. The molecule has 0 fully saturated rings. The lowest BCUT2D eigenvalue weighted by Gasteiger charge is -2.11. The molecular weight excluding hydrogens is 408 g/mol. The van der Waals surface area contributed by atoms with Gasteiger partial charge in [-0.25, -0.2) is 0 Å². The molecule has 2 N–H and O–H groups in total. The lowest BCUT2D eigenvalue weighted by atomic mass is 10.0. The van der Waals surface area contributed by atoms with E-state index in [2.05, 4.69) is 39.9 Å². The fraction of sp³-hybridized carbons (Fsp3) is 0.200. The monoisotopic (exact) mass is 432 g/mol. The first-order chi connectivity index (χ1) is 14.8. The van der Waals surface area contributed by atoms with Gasteiger partial charge in [-0.15, -0.1) is 12.4 Å². The Kier molecular flexibility index (Phi) is 8.05. The van der Waals surface area contributed by atoms with Gasteiger partial charge in [0.1, 0.15) is 5.76 Å². The van der Waals surface area contributed by atoms with E-state index in [0.29, 0.717) is 5.56 Å². The first-order valence-corrected chi connectivity index (χ1v) is 10.2. The number of halogens is 1. The molecule has 0 spiro atoms. The summed E-state index contributed by atoms with van der Waals surface area (Å²) in [6.07, 6.45) is 5.39. The molecule has 0 aliphatic heterocycles. The molecule has 0 bridgehead atoms. The van der Waals surface area contributed by atoms with Crippen LogP contribution < -0.4 is 10.6 Å². The molecule has 4 rings (SSSR count). The molecule has 2 heterocycles. The quantitative estimate of drug-likeness (QED) is 0.351. The van der Waals surface area contributed by atoms with Crippen molar-refractivity contribution in [1.29, 1.82) is 5.26 Å². The molecular formula is C25H25ClN4O.